The van der Waals surface area contributed by atoms with E-state index in [1.165, 1.54) is 22.3 Å². The summed E-state index contributed by atoms with van der Waals surface area (Å²) in [6, 6.07) is 29.0. The summed E-state index contributed by atoms with van der Waals surface area (Å²) in [6.45, 7) is 0. The molecule has 0 spiro atoms. The van der Waals surface area contributed by atoms with Crippen molar-refractivity contribution in [1.82, 2.24) is 0 Å². The van der Waals surface area contributed by atoms with Crippen LogP contribution in [0.3, 0.4) is 0 Å². The Hall–Kier alpha value is -0.280. The molecule has 0 unspecified atom stereocenters. The molecule has 0 fully saturated rings. The second-order valence-electron chi connectivity index (χ2n) is 6.34. The Kier molecular flexibility index (Phi) is 11.2. The van der Waals surface area contributed by atoms with Gasteiger partial charge in [-0.05, 0) is 82.9 Å². The predicted molar refractivity (Wildman–Crippen MR) is 154 cm³/mol. The number of hydrogen-bond donors (Lipinski definition) is 0. The predicted octanol–water partition coefficient (Wildman–Crippen LogP) is 10.5. The summed E-state index contributed by atoms with van der Waals surface area (Å²) in [7, 11) is 0. The van der Waals surface area contributed by atoms with Crippen molar-refractivity contribution in [1.29, 1.82) is 0 Å². The summed E-state index contributed by atoms with van der Waals surface area (Å²) in [4.78, 5) is 0. The van der Waals surface area contributed by atoms with E-state index in [1.807, 2.05) is 36.4 Å². The molecule has 0 aliphatic carbocycles. The topological polar surface area (TPSA) is 31.5 Å². The fourth-order valence-corrected chi connectivity index (χ4v) is 6.16. The van der Waals surface area contributed by atoms with Crippen molar-refractivity contribution in [3.05, 3.63) is 112 Å². The van der Waals surface area contributed by atoms with E-state index in [1.54, 1.807) is 0 Å². The third kappa shape index (κ3) is 8.54. The number of benzene rings is 4. The number of rotatable bonds is 2. The van der Waals surface area contributed by atoms with E-state index >= 15 is 0 Å². The smallest absolute Gasteiger partial charge is 0.0192 e. The van der Waals surface area contributed by atoms with Crippen LogP contribution in [0.1, 0.15) is 0 Å². The number of halogens is 6. The normalized spacial score (nSPS) is 10.0. The molecule has 0 saturated heterocycles. The van der Waals surface area contributed by atoms with E-state index in [0.717, 1.165) is 26.8 Å². The molecule has 2 N–H and O–H groups in total. The van der Waals surface area contributed by atoms with Crippen LogP contribution in [0, 0.1) is 0 Å². The average Bonchev–Trinajstić information content (AvgIpc) is 2.67. The van der Waals surface area contributed by atoms with E-state index in [2.05, 4.69) is 144 Å². The van der Waals surface area contributed by atoms with Crippen molar-refractivity contribution in [2.24, 2.45) is 0 Å². The van der Waals surface area contributed by atoms with E-state index in [0.29, 0.717) is 0 Å². The van der Waals surface area contributed by atoms with Gasteiger partial charge in [-0.2, -0.15) is 0 Å². The van der Waals surface area contributed by atoms with Crippen molar-refractivity contribution in [2.75, 3.05) is 0 Å². The van der Waals surface area contributed by atoms with Crippen molar-refractivity contribution in [3.8, 4) is 22.3 Å². The maximum absolute atomic E-state index is 3.49. The first-order valence-electron chi connectivity index (χ1n) is 8.74. The molecule has 160 valence electrons. The van der Waals surface area contributed by atoms with Crippen molar-refractivity contribution in [3.63, 3.8) is 0 Å². The molecule has 0 amide bonds. The molecule has 0 atom stereocenters. The van der Waals surface area contributed by atoms with Gasteiger partial charge in [0.05, 0.1) is 0 Å². The van der Waals surface area contributed by atoms with Crippen LogP contribution in [0.25, 0.3) is 22.3 Å². The molecule has 4 aromatic rings. The standard InChI is InChI=1S/2C12H7Br3.H2O/c2*13-10-3-1-2-8(4-10)9-5-11(14)7-12(15)6-9;/h2*1-7H;1H2. The van der Waals surface area contributed by atoms with E-state index in [-0.39, 0.29) is 5.48 Å². The molecule has 0 aliphatic rings. The summed E-state index contributed by atoms with van der Waals surface area (Å²) >= 11 is 20.9. The molecule has 31 heavy (non-hydrogen) atoms. The van der Waals surface area contributed by atoms with Crippen LogP contribution in [0.15, 0.2) is 112 Å². The fraction of sp³-hybridized carbons (Fsp3) is 0. The summed E-state index contributed by atoms with van der Waals surface area (Å²) in [5.74, 6) is 0. The zero-order chi connectivity index (χ0) is 21.7. The van der Waals surface area contributed by atoms with Gasteiger partial charge in [0, 0.05) is 26.8 Å². The van der Waals surface area contributed by atoms with Crippen LogP contribution in [-0.2, 0) is 0 Å². The summed E-state index contributed by atoms with van der Waals surface area (Å²) in [6.07, 6.45) is 0. The molecule has 7 heteroatoms. The zero-order valence-electron chi connectivity index (χ0n) is 15.9. The summed E-state index contributed by atoms with van der Waals surface area (Å²) in [5, 5.41) is 0. The van der Waals surface area contributed by atoms with Gasteiger partial charge in [0.1, 0.15) is 0 Å². The molecule has 1 nitrogen and oxygen atoms in total. The van der Waals surface area contributed by atoms with Gasteiger partial charge in [-0.25, -0.2) is 0 Å². The lowest BCUT2D eigenvalue weighted by Gasteiger charge is -2.04. The highest BCUT2D eigenvalue weighted by Crippen LogP contribution is 2.30. The monoisotopic (exact) mass is 794 g/mol. The minimum Gasteiger partial charge on any atom is -0.412 e. The van der Waals surface area contributed by atoms with Gasteiger partial charge in [0.25, 0.3) is 0 Å². The lowest BCUT2D eigenvalue weighted by molar-refractivity contribution is 0.824. The molecule has 0 aromatic heterocycles. The first-order valence-corrected chi connectivity index (χ1v) is 13.5. The SMILES string of the molecule is Brc1cccc(-c2cc(Br)cc(Br)c2)c1.Brc1cccc(-c2cc(Br)cc(Br)c2)c1.O. The van der Waals surface area contributed by atoms with Crippen LogP contribution in [0.2, 0.25) is 0 Å². The molecular weight excluding hydrogens is 784 g/mol. The minimum atomic E-state index is 0. The van der Waals surface area contributed by atoms with Crippen molar-refractivity contribution < 1.29 is 5.48 Å². The Morgan fingerprint density at radius 3 is 0.903 bits per heavy atom. The Labute approximate surface area is 232 Å². The highest BCUT2D eigenvalue weighted by atomic mass is 79.9. The molecule has 4 aromatic carbocycles. The molecule has 0 bridgehead atoms. The Morgan fingerprint density at radius 1 is 0.323 bits per heavy atom. The third-order valence-electron chi connectivity index (χ3n) is 4.04. The van der Waals surface area contributed by atoms with Crippen LogP contribution >= 0.6 is 95.6 Å². The van der Waals surface area contributed by atoms with E-state index in [9.17, 15) is 0 Å². The molecule has 0 aliphatic heterocycles. The van der Waals surface area contributed by atoms with Crippen LogP contribution in [0.5, 0.6) is 0 Å². The van der Waals surface area contributed by atoms with E-state index in [4.69, 9.17) is 0 Å². The Bertz CT molecular complexity index is 1040. The molecule has 0 radical (unpaired) electrons. The first-order chi connectivity index (χ1) is 14.3. The highest BCUT2D eigenvalue weighted by molar-refractivity contribution is 9.11. The third-order valence-corrected chi connectivity index (χ3v) is 6.86. The van der Waals surface area contributed by atoms with Crippen molar-refractivity contribution in [2.45, 2.75) is 0 Å². The maximum atomic E-state index is 3.49. The van der Waals surface area contributed by atoms with Gasteiger partial charge < -0.3 is 5.48 Å². The Morgan fingerprint density at radius 2 is 0.613 bits per heavy atom. The molecule has 0 heterocycles. The lowest BCUT2D eigenvalue weighted by Crippen LogP contribution is -1.78. The van der Waals surface area contributed by atoms with Crippen molar-refractivity contribution >= 4 is 95.6 Å². The molecule has 0 saturated carbocycles. The summed E-state index contributed by atoms with van der Waals surface area (Å²) in [5.41, 5.74) is 4.79. The van der Waals surface area contributed by atoms with Crippen LogP contribution in [-0.4, -0.2) is 5.48 Å². The summed E-state index contributed by atoms with van der Waals surface area (Å²) < 4.78 is 6.49. The molecule has 4 rings (SSSR count). The Balaban J connectivity index is 0.000000213. The van der Waals surface area contributed by atoms with Gasteiger partial charge in [-0.1, -0.05) is 120 Å². The van der Waals surface area contributed by atoms with Gasteiger partial charge in [0.2, 0.25) is 0 Å². The lowest BCUT2D eigenvalue weighted by atomic mass is 10.1. The zero-order valence-corrected chi connectivity index (χ0v) is 25.4. The van der Waals surface area contributed by atoms with Gasteiger partial charge in [0.15, 0.2) is 0 Å². The van der Waals surface area contributed by atoms with Gasteiger partial charge >= 0.3 is 0 Å². The van der Waals surface area contributed by atoms with Gasteiger partial charge in [-0.3, -0.25) is 0 Å². The van der Waals surface area contributed by atoms with Gasteiger partial charge in [-0.15, -0.1) is 0 Å². The minimum absolute atomic E-state index is 0. The second kappa shape index (κ2) is 12.8. The van der Waals surface area contributed by atoms with Crippen LogP contribution in [0.4, 0.5) is 0 Å². The average molecular weight is 800 g/mol. The van der Waals surface area contributed by atoms with Crippen LogP contribution < -0.4 is 0 Å². The van der Waals surface area contributed by atoms with E-state index < -0.39 is 0 Å². The highest BCUT2D eigenvalue weighted by Gasteiger charge is 2.02. The number of hydrogen-bond acceptors (Lipinski definition) is 0. The quantitative estimate of drug-likeness (QED) is 0.193. The fourth-order valence-electron chi connectivity index (χ4n) is 2.78. The maximum Gasteiger partial charge on any atom is 0.0192 e. The molecular formula is C24H16Br6O. The first kappa shape index (κ1) is 27.0. The second-order valence-corrected chi connectivity index (χ2v) is 11.8. The largest absolute Gasteiger partial charge is 0.412 e.